The first kappa shape index (κ1) is 22.5. The van der Waals surface area contributed by atoms with E-state index in [2.05, 4.69) is 6.92 Å². The summed E-state index contributed by atoms with van der Waals surface area (Å²) in [5, 5.41) is 28.7. The minimum absolute atomic E-state index is 0.0373. The van der Waals surface area contributed by atoms with Crippen LogP contribution in [0.1, 0.15) is 71.1 Å². The highest BCUT2D eigenvalue weighted by atomic mass is 16.4. The smallest absolute Gasteiger partial charge is 0.303 e. The van der Waals surface area contributed by atoms with Crippen molar-refractivity contribution >= 4 is 17.5 Å². The molecular weight excluding hydrogens is 336 g/mol. The molecule has 148 valence electrons. The van der Waals surface area contributed by atoms with Crippen LogP contribution in [0.2, 0.25) is 0 Å². The van der Waals surface area contributed by atoms with Crippen LogP contribution in [0.15, 0.2) is 12.2 Å². The summed E-state index contributed by atoms with van der Waals surface area (Å²) in [4.78, 5) is 34.7. The van der Waals surface area contributed by atoms with Crippen LogP contribution in [0.4, 0.5) is 0 Å². The summed E-state index contributed by atoms with van der Waals surface area (Å²) in [6.45, 7) is 2.09. The first-order valence-corrected chi connectivity index (χ1v) is 9.65. The van der Waals surface area contributed by atoms with E-state index >= 15 is 0 Å². The van der Waals surface area contributed by atoms with Gasteiger partial charge in [-0.3, -0.25) is 14.4 Å². The van der Waals surface area contributed by atoms with Gasteiger partial charge in [-0.15, -0.1) is 0 Å². The van der Waals surface area contributed by atoms with E-state index < -0.39 is 30.0 Å². The molecule has 26 heavy (non-hydrogen) atoms. The first-order valence-electron chi connectivity index (χ1n) is 9.65. The molecule has 4 atom stereocenters. The van der Waals surface area contributed by atoms with E-state index in [9.17, 15) is 24.6 Å². The normalized spacial score (nSPS) is 24.3. The van der Waals surface area contributed by atoms with Gasteiger partial charge in [0.05, 0.1) is 12.2 Å². The lowest BCUT2D eigenvalue weighted by atomic mass is 9.88. The second kappa shape index (κ2) is 12.0. The average Bonchev–Trinajstić information content (AvgIpc) is 2.83. The highest BCUT2D eigenvalue weighted by Gasteiger charge is 2.40. The molecule has 1 aliphatic rings. The number of unbranched alkanes of at least 4 members (excludes halogenated alkanes) is 3. The Hall–Kier alpha value is -1.53. The second-order valence-electron chi connectivity index (χ2n) is 7.21. The number of hydrogen-bond donors (Lipinski definition) is 3. The zero-order chi connectivity index (χ0) is 19.5. The van der Waals surface area contributed by atoms with Crippen LogP contribution in [0.5, 0.6) is 0 Å². The predicted molar refractivity (Wildman–Crippen MR) is 97.6 cm³/mol. The van der Waals surface area contributed by atoms with Gasteiger partial charge in [0.1, 0.15) is 11.6 Å². The summed E-state index contributed by atoms with van der Waals surface area (Å²) in [6.07, 6.45) is 6.93. The fourth-order valence-corrected chi connectivity index (χ4v) is 3.39. The molecule has 0 radical (unpaired) electrons. The molecule has 0 aromatic rings. The number of hydrogen-bond acceptors (Lipinski definition) is 5. The molecule has 6 nitrogen and oxygen atoms in total. The molecule has 0 spiro atoms. The van der Waals surface area contributed by atoms with Crippen molar-refractivity contribution in [1.82, 2.24) is 0 Å². The number of aliphatic hydroxyl groups is 2. The van der Waals surface area contributed by atoms with E-state index in [-0.39, 0.29) is 37.2 Å². The maximum Gasteiger partial charge on any atom is 0.303 e. The fourth-order valence-electron chi connectivity index (χ4n) is 3.39. The van der Waals surface area contributed by atoms with Gasteiger partial charge in [0.2, 0.25) is 0 Å². The maximum atomic E-state index is 12.1. The lowest BCUT2D eigenvalue weighted by molar-refractivity contribution is -0.137. The van der Waals surface area contributed by atoms with E-state index in [1.165, 1.54) is 0 Å². The summed E-state index contributed by atoms with van der Waals surface area (Å²) < 4.78 is 0. The van der Waals surface area contributed by atoms with Gasteiger partial charge in [-0.1, -0.05) is 38.3 Å². The summed E-state index contributed by atoms with van der Waals surface area (Å²) in [6, 6.07) is 0. The molecule has 0 bridgehead atoms. The third kappa shape index (κ3) is 8.23. The van der Waals surface area contributed by atoms with Crippen LogP contribution >= 0.6 is 0 Å². The molecule has 1 rings (SSSR count). The van der Waals surface area contributed by atoms with Crippen LogP contribution < -0.4 is 0 Å². The van der Waals surface area contributed by atoms with Gasteiger partial charge >= 0.3 is 5.97 Å². The Morgan fingerprint density at radius 2 is 1.88 bits per heavy atom. The van der Waals surface area contributed by atoms with Crippen LogP contribution in [0.25, 0.3) is 0 Å². The van der Waals surface area contributed by atoms with Crippen LogP contribution in [0, 0.1) is 11.8 Å². The Morgan fingerprint density at radius 1 is 1.19 bits per heavy atom. The topological polar surface area (TPSA) is 112 Å². The van der Waals surface area contributed by atoms with Gasteiger partial charge in [0.15, 0.2) is 0 Å². The predicted octanol–water partition coefficient (Wildman–Crippen LogP) is 2.65. The van der Waals surface area contributed by atoms with Crippen molar-refractivity contribution in [3.8, 4) is 0 Å². The zero-order valence-corrected chi connectivity index (χ0v) is 15.6. The van der Waals surface area contributed by atoms with Crippen molar-refractivity contribution in [2.45, 2.75) is 83.3 Å². The molecule has 1 saturated carbocycles. The highest BCUT2D eigenvalue weighted by Crippen LogP contribution is 2.33. The number of rotatable bonds is 13. The lowest BCUT2D eigenvalue weighted by Crippen LogP contribution is -2.22. The molecule has 3 N–H and O–H groups in total. The number of carboxylic acids is 1. The van der Waals surface area contributed by atoms with Gasteiger partial charge < -0.3 is 15.3 Å². The number of ketones is 2. The van der Waals surface area contributed by atoms with E-state index in [0.717, 1.165) is 19.3 Å². The van der Waals surface area contributed by atoms with Crippen molar-refractivity contribution in [3.63, 3.8) is 0 Å². The average molecular weight is 368 g/mol. The van der Waals surface area contributed by atoms with Crippen molar-refractivity contribution < 1.29 is 29.7 Å². The summed E-state index contributed by atoms with van der Waals surface area (Å²) >= 11 is 0. The van der Waals surface area contributed by atoms with Crippen LogP contribution in [-0.2, 0) is 14.4 Å². The Kier molecular flexibility index (Phi) is 10.4. The van der Waals surface area contributed by atoms with Gasteiger partial charge in [-0.2, -0.15) is 0 Å². The number of carboxylic acid groups (broad SMARTS) is 1. The molecule has 0 aromatic heterocycles. The quantitative estimate of drug-likeness (QED) is 0.340. The number of carbonyl (C=O) groups excluding carboxylic acids is 2. The molecule has 6 heteroatoms. The highest BCUT2D eigenvalue weighted by molar-refractivity contribution is 5.90. The Bertz CT molecular complexity index is 499. The molecular formula is C20H32O6. The first-order chi connectivity index (χ1) is 12.3. The van der Waals surface area contributed by atoms with Crippen LogP contribution in [0.3, 0.4) is 0 Å². The number of aliphatic carboxylic acids is 1. The number of carbonyl (C=O) groups is 3. The van der Waals surface area contributed by atoms with Gasteiger partial charge in [-0.05, 0) is 19.3 Å². The van der Waals surface area contributed by atoms with Gasteiger partial charge in [0, 0.05) is 37.5 Å². The van der Waals surface area contributed by atoms with Gasteiger partial charge in [0.25, 0.3) is 0 Å². The van der Waals surface area contributed by atoms with Gasteiger partial charge in [-0.25, -0.2) is 0 Å². The molecule has 0 aromatic carbocycles. The largest absolute Gasteiger partial charge is 0.481 e. The molecule has 0 unspecified atom stereocenters. The zero-order valence-electron chi connectivity index (χ0n) is 15.6. The molecule has 0 saturated heterocycles. The van der Waals surface area contributed by atoms with E-state index in [1.54, 1.807) is 12.2 Å². The number of Topliss-reactive ketones (excluding diaryl/α,β-unsaturated/α-hetero) is 2. The SMILES string of the molecule is CCCCC[C@H](O)C=C[C@H]1[C@H](O)CC(=O)[C@@H]1CC(=O)CCCCC(=O)O. The van der Waals surface area contributed by atoms with Crippen molar-refractivity contribution in [1.29, 1.82) is 0 Å². The van der Waals surface area contributed by atoms with E-state index in [4.69, 9.17) is 5.11 Å². The van der Waals surface area contributed by atoms with Crippen molar-refractivity contribution in [2.75, 3.05) is 0 Å². The summed E-state index contributed by atoms with van der Waals surface area (Å²) in [5.74, 6) is -2.06. The molecule has 0 amide bonds. The van der Waals surface area contributed by atoms with Crippen molar-refractivity contribution in [3.05, 3.63) is 12.2 Å². The molecule has 0 aliphatic heterocycles. The number of aliphatic hydroxyl groups excluding tert-OH is 2. The lowest BCUT2D eigenvalue weighted by Gasteiger charge is -2.17. The fraction of sp³-hybridized carbons (Fsp3) is 0.750. The molecule has 1 aliphatic carbocycles. The standard InChI is InChI=1S/C20H32O6/c1-2-3-4-7-14(21)10-11-16-17(19(24)13-18(16)23)12-15(22)8-5-6-9-20(25)26/h10-11,14,16-18,21,23H,2-9,12-13H2,1H3,(H,25,26)/t14-,16+,17+,18+/m0/s1. The van der Waals surface area contributed by atoms with E-state index in [0.29, 0.717) is 19.3 Å². The Labute approximate surface area is 155 Å². The minimum Gasteiger partial charge on any atom is -0.481 e. The third-order valence-electron chi connectivity index (χ3n) is 4.94. The summed E-state index contributed by atoms with van der Waals surface area (Å²) in [7, 11) is 0. The molecule has 1 fully saturated rings. The third-order valence-corrected chi connectivity index (χ3v) is 4.94. The van der Waals surface area contributed by atoms with E-state index in [1.807, 2.05) is 0 Å². The minimum atomic E-state index is -0.880. The summed E-state index contributed by atoms with van der Waals surface area (Å²) in [5.41, 5.74) is 0. The monoisotopic (exact) mass is 368 g/mol. The Balaban J connectivity index is 2.51. The Morgan fingerprint density at radius 3 is 2.54 bits per heavy atom. The maximum absolute atomic E-state index is 12.1. The van der Waals surface area contributed by atoms with Crippen LogP contribution in [-0.4, -0.2) is 45.1 Å². The second-order valence-corrected chi connectivity index (χ2v) is 7.21. The van der Waals surface area contributed by atoms with Crippen molar-refractivity contribution in [2.24, 2.45) is 11.8 Å². The molecule has 0 heterocycles.